The lowest BCUT2D eigenvalue weighted by Gasteiger charge is -2.04. The van der Waals surface area contributed by atoms with Crippen LogP contribution >= 0.6 is 0 Å². The van der Waals surface area contributed by atoms with Gasteiger partial charge in [-0.3, -0.25) is 9.78 Å². The number of hydrogen-bond acceptors (Lipinski definition) is 5. The van der Waals surface area contributed by atoms with E-state index in [0.717, 1.165) is 11.3 Å². The molecule has 0 amide bonds. The fraction of sp³-hybridized carbons (Fsp3) is 0.267. The third-order valence-electron chi connectivity index (χ3n) is 2.90. The summed E-state index contributed by atoms with van der Waals surface area (Å²) in [6, 6.07) is 7.45. The number of nitrogens with one attached hydrogen (secondary N) is 2. The summed E-state index contributed by atoms with van der Waals surface area (Å²) in [5.41, 5.74) is 0.561. The van der Waals surface area contributed by atoms with E-state index in [1.54, 1.807) is 6.92 Å². The van der Waals surface area contributed by atoms with Crippen molar-refractivity contribution in [2.24, 2.45) is 5.16 Å². The number of aromatic amines is 2. The maximum atomic E-state index is 11.6. The van der Waals surface area contributed by atoms with Crippen LogP contribution in [-0.2, 0) is 11.4 Å². The zero-order chi connectivity index (χ0) is 15.9. The van der Waals surface area contributed by atoms with Crippen LogP contribution in [0.3, 0.4) is 0 Å². The minimum atomic E-state index is -0.546. The average molecular weight is 303 g/mol. The van der Waals surface area contributed by atoms with Crippen molar-refractivity contribution in [2.75, 3.05) is 6.61 Å². The molecular weight excluding hydrogens is 286 g/mol. The molecule has 2 aromatic rings. The van der Waals surface area contributed by atoms with Gasteiger partial charge in [-0.25, -0.2) is 4.79 Å². The van der Waals surface area contributed by atoms with E-state index in [1.165, 1.54) is 6.21 Å². The predicted octanol–water partition coefficient (Wildman–Crippen LogP) is 1.32. The second-order valence-corrected chi connectivity index (χ2v) is 4.53. The van der Waals surface area contributed by atoms with E-state index in [2.05, 4.69) is 15.1 Å². The van der Waals surface area contributed by atoms with E-state index in [4.69, 9.17) is 9.57 Å². The highest BCUT2D eigenvalue weighted by molar-refractivity contribution is 5.79. The Balaban J connectivity index is 1.96. The molecule has 7 heteroatoms. The maximum absolute atomic E-state index is 11.6. The van der Waals surface area contributed by atoms with Crippen LogP contribution in [0.25, 0.3) is 0 Å². The zero-order valence-electron chi connectivity index (χ0n) is 12.4. The molecule has 0 radical (unpaired) electrons. The summed E-state index contributed by atoms with van der Waals surface area (Å²) < 4.78 is 5.34. The molecule has 116 valence electrons. The number of benzene rings is 1. The Labute approximate surface area is 126 Å². The van der Waals surface area contributed by atoms with Gasteiger partial charge in [0.25, 0.3) is 5.56 Å². The SMILES string of the molecule is CCOc1ccc(CO/N=C\c2c(C)[nH]c(=O)[nH]c2=O)cc1. The molecule has 0 atom stereocenters. The van der Waals surface area contributed by atoms with Gasteiger partial charge in [0.05, 0.1) is 18.4 Å². The molecule has 0 aliphatic rings. The Kier molecular flexibility index (Phi) is 5.13. The van der Waals surface area contributed by atoms with Crippen LogP contribution in [0.1, 0.15) is 23.7 Å². The lowest BCUT2D eigenvalue weighted by molar-refractivity contribution is 0.132. The molecule has 1 heterocycles. The number of nitrogens with zero attached hydrogens (tertiary/aromatic N) is 1. The van der Waals surface area contributed by atoms with Crippen LogP contribution in [0.5, 0.6) is 5.75 Å². The molecule has 1 aromatic heterocycles. The fourth-order valence-corrected chi connectivity index (χ4v) is 1.82. The summed E-state index contributed by atoms with van der Waals surface area (Å²) in [6.45, 7) is 4.42. The van der Waals surface area contributed by atoms with Crippen molar-refractivity contribution in [2.45, 2.75) is 20.5 Å². The number of aromatic nitrogens is 2. The summed E-state index contributed by atoms with van der Waals surface area (Å²) in [7, 11) is 0. The van der Waals surface area contributed by atoms with Crippen molar-refractivity contribution in [3.05, 3.63) is 61.9 Å². The lowest BCUT2D eigenvalue weighted by Crippen LogP contribution is -2.26. The Morgan fingerprint density at radius 3 is 2.55 bits per heavy atom. The summed E-state index contributed by atoms with van der Waals surface area (Å²) >= 11 is 0. The standard InChI is InChI=1S/C15H17N3O4/c1-3-21-12-6-4-11(5-7-12)9-22-16-8-13-10(2)17-15(20)18-14(13)19/h4-8H,3,9H2,1-2H3,(H2,17,18,19,20)/b16-8-. The quantitative estimate of drug-likeness (QED) is 0.621. The second kappa shape index (κ2) is 7.26. The van der Waals surface area contributed by atoms with Gasteiger partial charge in [0.15, 0.2) is 0 Å². The van der Waals surface area contributed by atoms with Crippen molar-refractivity contribution in [3.8, 4) is 5.75 Å². The molecule has 2 N–H and O–H groups in total. The molecule has 0 fully saturated rings. The predicted molar refractivity (Wildman–Crippen MR) is 82.4 cm³/mol. The fourth-order valence-electron chi connectivity index (χ4n) is 1.82. The lowest BCUT2D eigenvalue weighted by atomic mass is 10.2. The normalized spacial score (nSPS) is 10.8. The zero-order valence-corrected chi connectivity index (χ0v) is 12.4. The van der Waals surface area contributed by atoms with Gasteiger partial charge >= 0.3 is 5.69 Å². The summed E-state index contributed by atoms with van der Waals surface area (Å²) in [6.07, 6.45) is 1.28. The molecule has 0 bridgehead atoms. The van der Waals surface area contributed by atoms with Crippen LogP contribution < -0.4 is 16.0 Å². The molecule has 0 aliphatic heterocycles. The minimum Gasteiger partial charge on any atom is -0.494 e. The maximum Gasteiger partial charge on any atom is 0.325 e. The van der Waals surface area contributed by atoms with Crippen LogP contribution in [0.2, 0.25) is 0 Å². The summed E-state index contributed by atoms with van der Waals surface area (Å²) in [5, 5.41) is 3.75. The van der Waals surface area contributed by atoms with Crippen LogP contribution in [0.4, 0.5) is 0 Å². The molecule has 7 nitrogen and oxygen atoms in total. The van der Waals surface area contributed by atoms with Gasteiger partial charge in [-0.05, 0) is 31.5 Å². The molecule has 0 aliphatic carbocycles. The largest absolute Gasteiger partial charge is 0.494 e. The first-order valence-electron chi connectivity index (χ1n) is 6.80. The van der Waals surface area contributed by atoms with Gasteiger partial charge < -0.3 is 14.6 Å². The van der Waals surface area contributed by atoms with E-state index in [9.17, 15) is 9.59 Å². The highest BCUT2D eigenvalue weighted by Crippen LogP contribution is 2.12. The van der Waals surface area contributed by atoms with Crippen molar-refractivity contribution >= 4 is 6.21 Å². The van der Waals surface area contributed by atoms with E-state index in [-0.39, 0.29) is 12.2 Å². The van der Waals surface area contributed by atoms with E-state index in [1.807, 2.05) is 31.2 Å². The molecule has 22 heavy (non-hydrogen) atoms. The summed E-state index contributed by atoms with van der Waals surface area (Å²) in [4.78, 5) is 32.4. The van der Waals surface area contributed by atoms with Gasteiger partial charge in [0.2, 0.25) is 0 Å². The number of oxime groups is 1. The van der Waals surface area contributed by atoms with Crippen molar-refractivity contribution in [1.29, 1.82) is 0 Å². The number of aryl methyl sites for hydroxylation is 1. The van der Waals surface area contributed by atoms with E-state index >= 15 is 0 Å². The number of ether oxygens (including phenoxy) is 1. The van der Waals surface area contributed by atoms with Gasteiger partial charge in [0, 0.05) is 5.69 Å². The molecule has 0 saturated heterocycles. The Hall–Kier alpha value is -2.83. The first-order chi connectivity index (χ1) is 10.6. The van der Waals surface area contributed by atoms with Crippen molar-refractivity contribution in [1.82, 2.24) is 9.97 Å². The highest BCUT2D eigenvalue weighted by Gasteiger charge is 2.02. The van der Waals surface area contributed by atoms with Crippen molar-refractivity contribution in [3.63, 3.8) is 0 Å². The molecule has 1 aromatic carbocycles. The third-order valence-corrected chi connectivity index (χ3v) is 2.90. The smallest absolute Gasteiger partial charge is 0.325 e. The number of rotatable bonds is 6. The molecule has 0 unspecified atom stereocenters. The minimum absolute atomic E-state index is 0.256. The Morgan fingerprint density at radius 1 is 1.18 bits per heavy atom. The first kappa shape index (κ1) is 15.6. The molecular formula is C15H17N3O4. The Morgan fingerprint density at radius 2 is 1.91 bits per heavy atom. The number of hydrogen-bond donors (Lipinski definition) is 2. The topological polar surface area (TPSA) is 96.5 Å². The van der Waals surface area contributed by atoms with Gasteiger partial charge in [-0.2, -0.15) is 0 Å². The van der Waals surface area contributed by atoms with Crippen LogP contribution in [0.15, 0.2) is 39.0 Å². The average Bonchev–Trinajstić information content (AvgIpc) is 2.47. The summed E-state index contributed by atoms with van der Waals surface area (Å²) in [5.74, 6) is 0.796. The number of H-pyrrole nitrogens is 2. The monoisotopic (exact) mass is 303 g/mol. The highest BCUT2D eigenvalue weighted by atomic mass is 16.6. The van der Waals surface area contributed by atoms with Gasteiger partial charge in [-0.15, -0.1) is 0 Å². The third kappa shape index (κ3) is 4.08. The molecule has 0 saturated carbocycles. The van der Waals surface area contributed by atoms with Crippen LogP contribution in [-0.4, -0.2) is 22.8 Å². The van der Waals surface area contributed by atoms with Gasteiger partial charge in [0.1, 0.15) is 12.4 Å². The molecule has 0 spiro atoms. The van der Waals surface area contributed by atoms with E-state index in [0.29, 0.717) is 12.3 Å². The first-order valence-corrected chi connectivity index (χ1v) is 6.80. The second-order valence-electron chi connectivity index (χ2n) is 4.53. The van der Waals surface area contributed by atoms with E-state index < -0.39 is 11.2 Å². The Bertz CT molecular complexity index is 760. The molecule has 2 rings (SSSR count). The van der Waals surface area contributed by atoms with Crippen molar-refractivity contribution < 1.29 is 9.57 Å². The van der Waals surface area contributed by atoms with Crippen LogP contribution in [0, 0.1) is 6.92 Å². The van der Waals surface area contributed by atoms with Gasteiger partial charge in [-0.1, -0.05) is 17.3 Å².